The molecule has 0 bridgehead atoms. The normalized spacial score (nSPS) is 18.0. The lowest BCUT2D eigenvalue weighted by Crippen LogP contribution is -2.35. The zero-order valence-corrected chi connectivity index (χ0v) is 18.8. The molecule has 0 spiro atoms. The van der Waals surface area contributed by atoms with Crippen LogP contribution >= 0.6 is 36.4 Å². The van der Waals surface area contributed by atoms with Crippen LogP contribution in [0.2, 0.25) is 5.02 Å². The van der Waals surface area contributed by atoms with Crippen LogP contribution in [0.1, 0.15) is 48.1 Å². The van der Waals surface area contributed by atoms with Crippen LogP contribution in [0.5, 0.6) is 0 Å². The van der Waals surface area contributed by atoms with Crippen molar-refractivity contribution < 1.29 is 4.74 Å². The Hall–Kier alpha value is -1.12. The zero-order chi connectivity index (χ0) is 18.7. The highest BCUT2D eigenvalue weighted by Gasteiger charge is 2.29. The number of aromatic nitrogens is 4. The lowest BCUT2D eigenvalue weighted by Gasteiger charge is -2.32. The fourth-order valence-corrected chi connectivity index (χ4v) is 3.39. The van der Waals surface area contributed by atoms with Crippen LogP contribution in [0.3, 0.4) is 0 Å². The fraction of sp³-hybridized carbons (Fsp3) is 0.611. The van der Waals surface area contributed by atoms with Crippen molar-refractivity contribution in [2.24, 2.45) is 5.73 Å². The number of hydrogen-bond donors (Lipinski definition) is 2. The molecule has 2 aromatic heterocycles. The van der Waals surface area contributed by atoms with Gasteiger partial charge in [-0.25, -0.2) is 9.97 Å². The smallest absolute Gasteiger partial charge is 0.156 e. The van der Waals surface area contributed by atoms with E-state index in [0.717, 1.165) is 60.3 Å². The molecule has 0 unspecified atom stereocenters. The van der Waals surface area contributed by atoms with Crippen molar-refractivity contribution in [3.8, 4) is 0 Å². The summed E-state index contributed by atoms with van der Waals surface area (Å²) in [6.07, 6.45) is 2.90. The maximum absolute atomic E-state index is 6.19. The largest absolute Gasteiger partial charge is 0.377 e. The first-order chi connectivity index (χ1) is 12.5. The molecule has 1 saturated carbocycles. The summed E-state index contributed by atoms with van der Waals surface area (Å²) in [5.74, 6) is 1.98. The van der Waals surface area contributed by atoms with E-state index >= 15 is 0 Å². The third kappa shape index (κ3) is 5.94. The van der Waals surface area contributed by atoms with Gasteiger partial charge in [0, 0.05) is 43.9 Å². The Morgan fingerprint density at radius 1 is 1.29 bits per heavy atom. The van der Waals surface area contributed by atoms with E-state index in [1.165, 1.54) is 0 Å². The number of nitrogens with one attached hydrogen (secondary N) is 1. The Balaban J connectivity index is 0.00000196. The first kappa shape index (κ1) is 24.9. The van der Waals surface area contributed by atoms with Gasteiger partial charge in [0.2, 0.25) is 0 Å². The first-order valence-electron chi connectivity index (χ1n) is 9.03. The van der Waals surface area contributed by atoms with Gasteiger partial charge in [-0.1, -0.05) is 11.6 Å². The molecule has 10 heteroatoms. The van der Waals surface area contributed by atoms with Gasteiger partial charge in [-0.2, -0.15) is 5.10 Å². The third-order valence-corrected chi connectivity index (χ3v) is 5.35. The number of nitrogens with zero attached hydrogens (tertiary/aromatic N) is 4. The van der Waals surface area contributed by atoms with Gasteiger partial charge in [-0.15, -0.1) is 24.8 Å². The lowest BCUT2D eigenvalue weighted by molar-refractivity contribution is 0.177. The van der Waals surface area contributed by atoms with Gasteiger partial charge < -0.3 is 15.8 Å². The van der Waals surface area contributed by atoms with E-state index < -0.39 is 0 Å². The minimum Gasteiger partial charge on any atom is -0.377 e. The number of hydrogen-bond acceptors (Lipinski definition) is 6. The second-order valence-corrected chi connectivity index (χ2v) is 7.32. The predicted molar refractivity (Wildman–Crippen MR) is 117 cm³/mol. The highest BCUT2D eigenvalue weighted by atomic mass is 35.5. The summed E-state index contributed by atoms with van der Waals surface area (Å²) < 4.78 is 7.15. The average molecular weight is 452 g/mol. The van der Waals surface area contributed by atoms with Crippen LogP contribution in [0.15, 0.2) is 6.07 Å². The lowest BCUT2D eigenvalue weighted by atomic mass is 9.78. The van der Waals surface area contributed by atoms with E-state index in [1.807, 2.05) is 24.6 Å². The maximum Gasteiger partial charge on any atom is 0.156 e. The van der Waals surface area contributed by atoms with Gasteiger partial charge in [0.05, 0.1) is 16.4 Å². The van der Waals surface area contributed by atoms with Crippen LogP contribution in [0.25, 0.3) is 0 Å². The van der Waals surface area contributed by atoms with Crippen molar-refractivity contribution in [2.45, 2.75) is 58.2 Å². The van der Waals surface area contributed by atoms with E-state index in [9.17, 15) is 0 Å². The molecule has 2 heterocycles. The third-order valence-electron chi connectivity index (χ3n) is 4.80. The Bertz CT molecular complexity index is 764. The SMILES string of the molecule is COCc1nc(NCCCn2nc(C)c(Cl)c2C)cc(C2CC(N)C2)n1.Cl.Cl. The minimum atomic E-state index is 0. The maximum atomic E-state index is 6.19. The van der Waals surface area contributed by atoms with Crippen LogP contribution in [0, 0.1) is 13.8 Å². The van der Waals surface area contributed by atoms with Crippen molar-refractivity contribution in [1.82, 2.24) is 19.7 Å². The number of anilines is 1. The molecule has 0 radical (unpaired) electrons. The van der Waals surface area contributed by atoms with E-state index in [-0.39, 0.29) is 24.8 Å². The second kappa shape index (κ2) is 11.2. The number of ether oxygens (including phenoxy) is 1. The van der Waals surface area contributed by atoms with Gasteiger partial charge >= 0.3 is 0 Å². The average Bonchev–Trinajstić information content (AvgIpc) is 2.83. The van der Waals surface area contributed by atoms with Gasteiger partial charge in [0.1, 0.15) is 12.4 Å². The topological polar surface area (TPSA) is 90.9 Å². The molecule has 7 nitrogen and oxygen atoms in total. The van der Waals surface area contributed by atoms with E-state index in [0.29, 0.717) is 24.4 Å². The number of aryl methyl sites for hydroxylation is 2. The molecule has 2 aromatic rings. The Morgan fingerprint density at radius 3 is 2.57 bits per heavy atom. The fourth-order valence-electron chi connectivity index (χ4n) is 3.25. The molecule has 3 N–H and O–H groups in total. The molecule has 1 aliphatic rings. The number of nitrogens with two attached hydrogens (primary N) is 1. The molecule has 3 rings (SSSR count). The van der Waals surface area contributed by atoms with E-state index in [2.05, 4.69) is 20.4 Å². The quantitative estimate of drug-likeness (QED) is 0.595. The molecular formula is C18H29Cl3N6O. The monoisotopic (exact) mass is 450 g/mol. The van der Waals surface area contributed by atoms with Gasteiger partial charge in [0.15, 0.2) is 5.82 Å². The Morgan fingerprint density at radius 2 is 2.00 bits per heavy atom. The molecule has 158 valence electrons. The van der Waals surface area contributed by atoms with Crippen molar-refractivity contribution >= 4 is 42.2 Å². The minimum absolute atomic E-state index is 0. The van der Waals surface area contributed by atoms with Crippen molar-refractivity contribution in [2.75, 3.05) is 19.0 Å². The van der Waals surface area contributed by atoms with Crippen LogP contribution in [-0.2, 0) is 17.9 Å². The first-order valence-corrected chi connectivity index (χ1v) is 9.41. The molecule has 0 aliphatic heterocycles. The summed E-state index contributed by atoms with van der Waals surface area (Å²) >= 11 is 6.19. The molecular weight excluding hydrogens is 423 g/mol. The second-order valence-electron chi connectivity index (χ2n) is 6.94. The molecule has 0 amide bonds. The Labute approximate surface area is 183 Å². The van der Waals surface area contributed by atoms with Gasteiger partial charge in [0.25, 0.3) is 0 Å². The highest BCUT2D eigenvalue weighted by molar-refractivity contribution is 6.31. The molecule has 28 heavy (non-hydrogen) atoms. The summed E-state index contributed by atoms with van der Waals surface area (Å²) in [4.78, 5) is 9.16. The standard InChI is InChI=1S/C18H27ClN6O.2ClH/c1-11-18(19)12(2)25(24-11)6-4-5-21-16-9-15(13-7-14(20)8-13)22-17(23-16)10-26-3;;/h9,13-14H,4-8,10,20H2,1-3H3,(H,21,22,23);2*1H. The van der Waals surface area contributed by atoms with Gasteiger partial charge in [-0.3, -0.25) is 4.68 Å². The van der Waals surface area contributed by atoms with Crippen molar-refractivity contribution in [3.05, 3.63) is 34.0 Å². The molecule has 0 saturated heterocycles. The zero-order valence-electron chi connectivity index (χ0n) is 16.4. The Kier molecular flexibility index (Phi) is 9.94. The van der Waals surface area contributed by atoms with E-state index in [1.54, 1.807) is 7.11 Å². The summed E-state index contributed by atoms with van der Waals surface area (Å²) in [6.45, 7) is 5.93. The molecule has 0 aromatic carbocycles. The number of rotatable bonds is 8. The number of methoxy groups -OCH3 is 1. The molecule has 1 aliphatic carbocycles. The van der Waals surface area contributed by atoms with Crippen LogP contribution in [-0.4, -0.2) is 39.4 Å². The summed E-state index contributed by atoms with van der Waals surface area (Å²) in [6, 6.07) is 2.33. The predicted octanol–water partition coefficient (Wildman–Crippen LogP) is 3.64. The van der Waals surface area contributed by atoms with Crippen molar-refractivity contribution in [3.63, 3.8) is 0 Å². The molecule has 0 atom stereocenters. The van der Waals surface area contributed by atoms with Crippen LogP contribution < -0.4 is 11.1 Å². The van der Waals surface area contributed by atoms with Crippen molar-refractivity contribution in [1.29, 1.82) is 0 Å². The summed E-state index contributed by atoms with van der Waals surface area (Å²) in [5, 5.41) is 8.61. The summed E-state index contributed by atoms with van der Waals surface area (Å²) in [7, 11) is 1.65. The van der Waals surface area contributed by atoms with Crippen LogP contribution in [0.4, 0.5) is 5.82 Å². The highest BCUT2D eigenvalue weighted by Crippen LogP contribution is 2.35. The summed E-state index contributed by atoms with van der Waals surface area (Å²) in [5.41, 5.74) is 8.86. The van der Waals surface area contributed by atoms with E-state index in [4.69, 9.17) is 22.1 Å². The molecule has 1 fully saturated rings. The number of halogens is 3. The van der Waals surface area contributed by atoms with Gasteiger partial charge in [-0.05, 0) is 33.1 Å².